The second kappa shape index (κ2) is 3.85. The molecule has 0 heterocycles. The van der Waals surface area contributed by atoms with Crippen LogP contribution in [0.2, 0.25) is 0 Å². The van der Waals surface area contributed by atoms with Crippen LogP contribution in [0.25, 0.3) is 0 Å². The van der Waals surface area contributed by atoms with Gasteiger partial charge in [0.15, 0.2) is 0 Å². The Labute approximate surface area is 58.0 Å². The lowest BCUT2D eigenvalue weighted by Gasteiger charge is -2.20. The van der Waals surface area contributed by atoms with Crippen molar-refractivity contribution in [2.45, 2.75) is 26.4 Å². The van der Waals surface area contributed by atoms with Crippen LogP contribution in [0.4, 0.5) is 0 Å². The maximum atomic E-state index is 5.74. The third-order valence-electron chi connectivity index (χ3n) is 1.38. The van der Waals surface area contributed by atoms with E-state index < -0.39 is 0 Å². The lowest BCUT2D eigenvalue weighted by molar-refractivity contribution is 0.261. The quantitative estimate of drug-likeness (QED) is 0.575. The van der Waals surface area contributed by atoms with Gasteiger partial charge in [0.2, 0.25) is 0 Å². The van der Waals surface area contributed by atoms with Crippen LogP contribution in [0, 0.1) is 5.92 Å². The molecule has 0 saturated heterocycles. The zero-order chi connectivity index (χ0) is 7.44. The Balaban J connectivity index is 3.38. The predicted octanol–water partition coefficient (Wildman–Crippen LogP) is 0.879. The van der Waals surface area contributed by atoms with Gasteiger partial charge in [-0.3, -0.25) is 4.90 Å². The number of nitrogens with zero attached hydrogens (tertiary/aromatic N) is 1. The van der Waals surface area contributed by atoms with E-state index in [4.69, 9.17) is 5.73 Å². The zero-order valence-corrected chi connectivity index (χ0v) is 6.89. The van der Waals surface area contributed by atoms with Gasteiger partial charge in [0.25, 0.3) is 0 Å². The summed E-state index contributed by atoms with van der Waals surface area (Å²) in [5, 5.41) is 0. The Bertz CT molecular complexity index is 69.3. The van der Waals surface area contributed by atoms with Crippen molar-refractivity contribution in [2.75, 3.05) is 14.1 Å². The molecule has 1 atom stereocenters. The molecule has 2 N–H and O–H groups in total. The highest BCUT2D eigenvalue weighted by Gasteiger charge is 2.05. The first-order valence-electron chi connectivity index (χ1n) is 3.46. The molecule has 0 aliphatic carbocycles. The Hall–Kier alpha value is -0.0800. The average molecular weight is 130 g/mol. The van der Waals surface area contributed by atoms with Gasteiger partial charge in [0.05, 0.1) is 6.17 Å². The van der Waals surface area contributed by atoms with Gasteiger partial charge in [-0.1, -0.05) is 13.8 Å². The van der Waals surface area contributed by atoms with Crippen molar-refractivity contribution >= 4 is 0 Å². The molecule has 56 valence electrons. The maximum Gasteiger partial charge on any atom is 0.0569 e. The SMILES string of the molecule is CC(C)CC(N)N(C)C. The highest BCUT2D eigenvalue weighted by molar-refractivity contribution is 4.58. The molecule has 0 aliphatic rings. The molecule has 2 nitrogen and oxygen atoms in total. The number of rotatable bonds is 3. The molecule has 0 fully saturated rings. The minimum atomic E-state index is 0.227. The number of hydrogen-bond donors (Lipinski definition) is 1. The fourth-order valence-corrected chi connectivity index (χ4v) is 0.694. The summed E-state index contributed by atoms with van der Waals surface area (Å²) in [5.74, 6) is 0.697. The van der Waals surface area contributed by atoms with Crippen molar-refractivity contribution in [3.8, 4) is 0 Å². The third-order valence-corrected chi connectivity index (χ3v) is 1.38. The summed E-state index contributed by atoms with van der Waals surface area (Å²) in [7, 11) is 4.01. The summed E-state index contributed by atoms with van der Waals surface area (Å²) >= 11 is 0. The number of hydrogen-bond acceptors (Lipinski definition) is 2. The van der Waals surface area contributed by atoms with Crippen LogP contribution in [-0.4, -0.2) is 25.2 Å². The summed E-state index contributed by atoms with van der Waals surface area (Å²) in [6.07, 6.45) is 1.30. The first-order valence-corrected chi connectivity index (χ1v) is 3.46. The van der Waals surface area contributed by atoms with Gasteiger partial charge < -0.3 is 5.73 Å². The first-order chi connectivity index (χ1) is 4.04. The van der Waals surface area contributed by atoms with Crippen molar-refractivity contribution in [3.05, 3.63) is 0 Å². The van der Waals surface area contributed by atoms with Crippen LogP contribution in [0.1, 0.15) is 20.3 Å². The van der Waals surface area contributed by atoms with Gasteiger partial charge in [-0.05, 0) is 26.4 Å². The smallest absolute Gasteiger partial charge is 0.0569 e. The third kappa shape index (κ3) is 4.43. The Morgan fingerprint density at radius 2 is 1.78 bits per heavy atom. The van der Waals surface area contributed by atoms with Crippen molar-refractivity contribution in [3.63, 3.8) is 0 Å². The van der Waals surface area contributed by atoms with Crippen molar-refractivity contribution < 1.29 is 0 Å². The normalized spacial score (nSPS) is 15.0. The molecular formula is C7H18N2. The van der Waals surface area contributed by atoms with E-state index in [0.717, 1.165) is 6.42 Å². The summed E-state index contributed by atoms with van der Waals surface area (Å²) in [6.45, 7) is 4.37. The van der Waals surface area contributed by atoms with Crippen LogP contribution >= 0.6 is 0 Å². The van der Waals surface area contributed by atoms with Crippen LogP contribution in [0.3, 0.4) is 0 Å². The Morgan fingerprint density at radius 3 is 1.89 bits per heavy atom. The van der Waals surface area contributed by atoms with Gasteiger partial charge >= 0.3 is 0 Å². The highest BCUT2D eigenvalue weighted by atomic mass is 15.2. The van der Waals surface area contributed by atoms with E-state index >= 15 is 0 Å². The van der Waals surface area contributed by atoms with E-state index in [1.165, 1.54) is 0 Å². The van der Waals surface area contributed by atoms with E-state index in [9.17, 15) is 0 Å². The minimum Gasteiger partial charge on any atom is -0.316 e. The van der Waals surface area contributed by atoms with Gasteiger partial charge in [-0.2, -0.15) is 0 Å². The minimum absolute atomic E-state index is 0.227. The monoisotopic (exact) mass is 130 g/mol. The molecule has 1 unspecified atom stereocenters. The summed E-state index contributed by atoms with van der Waals surface area (Å²) in [4.78, 5) is 2.04. The molecular weight excluding hydrogens is 112 g/mol. The van der Waals surface area contributed by atoms with Crippen LogP contribution < -0.4 is 5.73 Å². The molecule has 0 aromatic rings. The molecule has 0 aliphatic heterocycles. The topological polar surface area (TPSA) is 29.3 Å². The Kier molecular flexibility index (Phi) is 3.82. The van der Waals surface area contributed by atoms with Gasteiger partial charge in [-0.25, -0.2) is 0 Å². The van der Waals surface area contributed by atoms with Gasteiger partial charge in [0, 0.05) is 0 Å². The zero-order valence-electron chi connectivity index (χ0n) is 6.89. The van der Waals surface area contributed by atoms with E-state index in [1.54, 1.807) is 0 Å². The lowest BCUT2D eigenvalue weighted by Crippen LogP contribution is -2.37. The molecule has 9 heavy (non-hydrogen) atoms. The van der Waals surface area contributed by atoms with E-state index in [-0.39, 0.29) is 6.17 Å². The second-order valence-electron chi connectivity index (χ2n) is 3.16. The van der Waals surface area contributed by atoms with E-state index in [2.05, 4.69) is 13.8 Å². The fourth-order valence-electron chi connectivity index (χ4n) is 0.694. The molecule has 0 rings (SSSR count). The van der Waals surface area contributed by atoms with Gasteiger partial charge in [-0.15, -0.1) is 0 Å². The molecule has 0 bridgehead atoms. The summed E-state index contributed by atoms with van der Waals surface area (Å²) < 4.78 is 0. The second-order valence-corrected chi connectivity index (χ2v) is 3.16. The lowest BCUT2D eigenvalue weighted by atomic mass is 10.1. The molecule has 2 heteroatoms. The van der Waals surface area contributed by atoms with Crippen molar-refractivity contribution in [1.29, 1.82) is 0 Å². The fraction of sp³-hybridized carbons (Fsp3) is 1.00. The molecule has 0 radical (unpaired) electrons. The molecule has 0 saturated carbocycles. The number of nitrogens with two attached hydrogens (primary N) is 1. The molecule has 0 aromatic heterocycles. The molecule has 0 amide bonds. The summed E-state index contributed by atoms with van der Waals surface area (Å²) in [6, 6.07) is 0. The molecule has 0 spiro atoms. The first kappa shape index (κ1) is 8.92. The van der Waals surface area contributed by atoms with Crippen molar-refractivity contribution in [2.24, 2.45) is 11.7 Å². The average Bonchev–Trinajstić information content (AvgIpc) is 1.63. The van der Waals surface area contributed by atoms with Crippen LogP contribution in [-0.2, 0) is 0 Å². The summed E-state index contributed by atoms with van der Waals surface area (Å²) in [5.41, 5.74) is 5.74. The highest BCUT2D eigenvalue weighted by Crippen LogP contribution is 2.03. The Morgan fingerprint density at radius 1 is 1.33 bits per heavy atom. The molecule has 0 aromatic carbocycles. The van der Waals surface area contributed by atoms with Gasteiger partial charge in [0.1, 0.15) is 0 Å². The largest absolute Gasteiger partial charge is 0.316 e. The standard InChI is InChI=1S/C7H18N2/c1-6(2)5-7(8)9(3)4/h6-7H,5,8H2,1-4H3. The predicted molar refractivity (Wildman–Crippen MR) is 41.1 cm³/mol. The maximum absolute atomic E-state index is 5.74. The van der Waals surface area contributed by atoms with E-state index in [0.29, 0.717) is 5.92 Å². The van der Waals surface area contributed by atoms with Crippen LogP contribution in [0.5, 0.6) is 0 Å². The van der Waals surface area contributed by atoms with Crippen molar-refractivity contribution in [1.82, 2.24) is 4.90 Å². The van der Waals surface area contributed by atoms with E-state index in [1.807, 2.05) is 19.0 Å². The van der Waals surface area contributed by atoms with Crippen LogP contribution in [0.15, 0.2) is 0 Å².